The van der Waals surface area contributed by atoms with Gasteiger partial charge in [0.25, 0.3) is 0 Å². The van der Waals surface area contributed by atoms with Crippen molar-refractivity contribution in [1.82, 2.24) is 9.97 Å². The highest BCUT2D eigenvalue weighted by Crippen LogP contribution is 2.34. The number of imidazole rings is 1. The zero-order chi connectivity index (χ0) is 19.7. The molecule has 3 aromatic carbocycles. The summed E-state index contributed by atoms with van der Waals surface area (Å²) in [5.74, 6) is 0.935. The number of H-pyrrole nitrogens is 1. The Balaban J connectivity index is 1.57. The Hall–Kier alpha value is -3.02. The number of amides is 1. The predicted octanol–water partition coefficient (Wildman–Crippen LogP) is 6.46. The third-order valence-electron chi connectivity index (χ3n) is 4.13. The summed E-state index contributed by atoms with van der Waals surface area (Å²) in [6.45, 7) is 1.95. The van der Waals surface area contributed by atoms with Gasteiger partial charge in [0.05, 0.1) is 26.6 Å². The summed E-state index contributed by atoms with van der Waals surface area (Å²) in [6.07, 6.45) is -0.571. The van der Waals surface area contributed by atoms with Crippen LogP contribution in [-0.2, 0) is 0 Å². The van der Waals surface area contributed by atoms with Crippen LogP contribution in [0.4, 0.5) is 10.5 Å². The molecule has 0 aliphatic rings. The minimum Gasteiger partial charge on any atom is -0.410 e. The van der Waals surface area contributed by atoms with Crippen LogP contribution in [0.2, 0.25) is 10.0 Å². The van der Waals surface area contributed by atoms with Crippen molar-refractivity contribution in [3.05, 3.63) is 76.3 Å². The van der Waals surface area contributed by atoms with Gasteiger partial charge >= 0.3 is 6.09 Å². The molecule has 0 saturated heterocycles. The molecule has 140 valence electrons. The van der Waals surface area contributed by atoms with E-state index in [-0.39, 0.29) is 0 Å². The average molecular weight is 412 g/mol. The fourth-order valence-corrected chi connectivity index (χ4v) is 3.44. The standard InChI is InChI=1S/C21H15Cl2N3O2/c1-12-4-2-5-13(10-12)24-21(27)28-14-8-9-17-18(11-14)26-20(25-17)19-15(22)6-3-7-16(19)23/h2-11H,1H3,(H,24,27)(H,25,26). The number of carbonyl (C=O) groups excluding carboxylic acids is 1. The van der Waals surface area contributed by atoms with Crippen LogP contribution in [0.3, 0.4) is 0 Å². The van der Waals surface area contributed by atoms with Crippen LogP contribution < -0.4 is 10.1 Å². The maximum Gasteiger partial charge on any atom is 0.417 e. The van der Waals surface area contributed by atoms with Crippen molar-refractivity contribution in [2.45, 2.75) is 6.92 Å². The van der Waals surface area contributed by atoms with Crippen LogP contribution in [0.15, 0.2) is 60.7 Å². The van der Waals surface area contributed by atoms with Crippen LogP contribution in [0.25, 0.3) is 22.4 Å². The molecule has 0 aliphatic carbocycles. The van der Waals surface area contributed by atoms with E-state index in [2.05, 4.69) is 15.3 Å². The molecule has 4 aromatic rings. The number of aromatic nitrogens is 2. The molecule has 7 heteroatoms. The second-order valence-corrected chi connectivity index (χ2v) is 7.06. The number of hydrogen-bond donors (Lipinski definition) is 2. The highest BCUT2D eigenvalue weighted by Gasteiger charge is 2.14. The van der Waals surface area contributed by atoms with Gasteiger partial charge < -0.3 is 9.72 Å². The van der Waals surface area contributed by atoms with Crippen molar-refractivity contribution >= 4 is 46.0 Å². The number of benzene rings is 3. The number of hydrogen-bond acceptors (Lipinski definition) is 3. The van der Waals surface area contributed by atoms with Gasteiger partial charge in [0, 0.05) is 11.8 Å². The SMILES string of the molecule is Cc1cccc(NC(=O)Oc2ccc3nc(-c4c(Cl)cccc4Cl)[nH]c3c2)c1. The Bertz CT molecular complexity index is 1170. The summed E-state index contributed by atoms with van der Waals surface area (Å²) in [5.41, 5.74) is 3.75. The number of aromatic amines is 1. The van der Waals surface area contributed by atoms with Crippen molar-refractivity contribution < 1.29 is 9.53 Å². The topological polar surface area (TPSA) is 67.0 Å². The Morgan fingerprint density at radius 1 is 1.04 bits per heavy atom. The molecule has 0 spiro atoms. The quantitative estimate of drug-likeness (QED) is 0.406. The first-order valence-corrected chi connectivity index (χ1v) is 9.25. The number of aryl methyl sites for hydroxylation is 1. The summed E-state index contributed by atoms with van der Waals surface area (Å²) in [4.78, 5) is 19.8. The van der Waals surface area contributed by atoms with E-state index in [1.165, 1.54) is 0 Å². The van der Waals surface area contributed by atoms with Crippen LogP contribution in [0.1, 0.15) is 5.56 Å². The molecule has 0 unspecified atom stereocenters. The summed E-state index contributed by atoms with van der Waals surface area (Å²) < 4.78 is 5.38. The van der Waals surface area contributed by atoms with Gasteiger partial charge in [-0.25, -0.2) is 9.78 Å². The first-order chi connectivity index (χ1) is 13.5. The molecule has 0 bridgehead atoms. The van der Waals surface area contributed by atoms with E-state index >= 15 is 0 Å². The summed E-state index contributed by atoms with van der Waals surface area (Å²) in [5, 5.41) is 3.70. The number of halogens is 2. The molecular weight excluding hydrogens is 397 g/mol. The first kappa shape index (κ1) is 18.3. The maximum atomic E-state index is 12.2. The van der Waals surface area contributed by atoms with Crippen LogP contribution in [-0.4, -0.2) is 16.1 Å². The van der Waals surface area contributed by atoms with Gasteiger partial charge in [0.1, 0.15) is 11.6 Å². The molecule has 0 radical (unpaired) electrons. The smallest absolute Gasteiger partial charge is 0.410 e. The van der Waals surface area contributed by atoms with Crippen molar-refractivity contribution in [2.24, 2.45) is 0 Å². The lowest BCUT2D eigenvalue weighted by molar-refractivity contribution is 0.215. The predicted molar refractivity (Wildman–Crippen MR) is 112 cm³/mol. The summed E-state index contributed by atoms with van der Waals surface area (Å²) in [7, 11) is 0. The van der Waals surface area contributed by atoms with Crippen LogP contribution in [0.5, 0.6) is 5.75 Å². The summed E-state index contributed by atoms with van der Waals surface area (Å²) >= 11 is 12.5. The van der Waals surface area contributed by atoms with Crippen molar-refractivity contribution in [3.8, 4) is 17.1 Å². The molecule has 4 rings (SSSR count). The number of anilines is 1. The highest BCUT2D eigenvalue weighted by atomic mass is 35.5. The number of carbonyl (C=O) groups is 1. The van der Waals surface area contributed by atoms with E-state index in [9.17, 15) is 4.79 Å². The van der Waals surface area contributed by atoms with E-state index in [1.807, 2.05) is 25.1 Å². The highest BCUT2D eigenvalue weighted by molar-refractivity contribution is 6.39. The number of ether oxygens (including phenoxy) is 1. The van der Waals surface area contributed by atoms with Crippen LogP contribution in [0, 0.1) is 6.92 Å². The van der Waals surface area contributed by atoms with E-state index in [0.29, 0.717) is 43.9 Å². The van der Waals surface area contributed by atoms with E-state index in [4.69, 9.17) is 27.9 Å². The minimum absolute atomic E-state index is 0.387. The number of nitrogens with one attached hydrogen (secondary N) is 2. The fourth-order valence-electron chi connectivity index (χ4n) is 2.87. The second kappa shape index (κ2) is 7.54. The van der Waals surface area contributed by atoms with Gasteiger partial charge in [-0.1, -0.05) is 41.4 Å². The number of rotatable bonds is 3. The largest absolute Gasteiger partial charge is 0.417 e. The maximum absolute atomic E-state index is 12.2. The normalized spacial score (nSPS) is 10.8. The monoisotopic (exact) mass is 411 g/mol. The average Bonchev–Trinajstić information content (AvgIpc) is 3.04. The molecule has 1 aromatic heterocycles. The van der Waals surface area contributed by atoms with E-state index in [1.54, 1.807) is 42.5 Å². The molecular formula is C21H15Cl2N3O2. The lowest BCUT2D eigenvalue weighted by atomic mass is 10.2. The molecule has 5 nitrogen and oxygen atoms in total. The fraction of sp³-hybridized carbons (Fsp3) is 0.0476. The Morgan fingerprint density at radius 3 is 2.54 bits per heavy atom. The number of fused-ring (bicyclic) bond motifs is 1. The van der Waals surface area contributed by atoms with Gasteiger partial charge in [-0.3, -0.25) is 5.32 Å². The lowest BCUT2D eigenvalue weighted by Crippen LogP contribution is -2.16. The van der Waals surface area contributed by atoms with Crippen molar-refractivity contribution in [3.63, 3.8) is 0 Å². The van der Waals surface area contributed by atoms with E-state index in [0.717, 1.165) is 5.56 Å². The third kappa shape index (κ3) is 3.81. The first-order valence-electron chi connectivity index (χ1n) is 8.49. The molecule has 0 fully saturated rings. The minimum atomic E-state index is -0.571. The van der Waals surface area contributed by atoms with Gasteiger partial charge in [-0.15, -0.1) is 0 Å². The molecule has 0 saturated carbocycles. The van der Waals surface area contributed by atoms with Crippen molar-refractivity contribution in [2.75, 3.05) is 5.32 Å². The Kier molecular flexibility index (Phi) is 4.94. The molecule has 2 N–H and O–H groups in total. The Labute approximate surface area is 171 Å². The van der Waals surface area contributed by atoms with Crippen LogP contribution >= 0.6 is 23.2 Å². The van der Waals surface area contributed by atoms with Crippen molar-refractivity contribution in [1.29, 1.82) is 0 Å². The third-order valence-corrected chi connectivity index (χ3v) is 4.76. The van der Waals surface area contributed by atoms with Gasteiger partial charge in [-0.2, -0.15) is 0 Å². The molecule has 0 atom stereocenters. The van der Waals surface area contributed by atoms with E-state index < -0.39 is 6.09 Å². The van der Waals surface area contributed by atoms with Gasteiger partial charge in [0.15, 0.2) is 0 Å². The van der Waals surface area contributed by atoms with Gasteiger partial charge in [-0.05, 0) is 48.9 Å². The zero-order valence-corrected chi connectivity index (χ0v) is 16.3. The number of nitrogens with zero attached hydrogens (tertiary/aromatic N) is 1. The lowest BCUT2D eigenvalue weighted by Gasteiger charge is -2.07. The second-order valence-electron chi connectivity index (χ2n) is 6.25. The molecule has 1 amide bonds. The molecule has 0 aliphatic heterocycles. The summed E-state index contributed by atoms with van der Waals surface area (Å²) in [6, 6.07) is 17.9. The zero-order valence-electron chi connectivity index (χ0n) is 14.8. The van der Waals surface area contributed by atoms with Gasteiger partial charge in [0.2, 0.25) is 0 Å². The Morgan fingerprint density at radius 2 is 1.79 bits per heavy atom. The molecule has 1 heterocycles. The molecule has 28 heavy (non-hydrogen) atoms.